The van der Waals surface area contributed by atoms with Crippen LogP contribution in [0, 0.1) is 17.1 Å². The summed E-state index contributed by atoms with van der Waals surface area (Å²) in [6.07, 6.45) is 3.69. The van der Waals surface area contributed by atoms with Crippen LogP contribution in [0.3, 0.4) is 0 Å². The smallest absolute Gasteiger partial charge is 0.307 e. The number of carbonyl (C=O) groups is 1. The molecular weight excluding hydrogens is 427 g/mol. The Kier molecular flexibility index (Phi) is 6.07. The van der Waals surface area contributed by atoms with Crippen LogP contribution < -0.4 is 0 Å². The molecule has 0 bridgehead atoms. The van der Waals surface area contributed by atoms with E-state index in [4.69, 9.17) is 16.7 Å². The summed E-state index contributed by atoms with van der Waals surface area (Å²) in [4.78, 5) is 10.9. The fourth-order valence-electron chi connectivity index (χ4n) is 3.64. The van der Waals surface area contributed by atoms with Gasteiger partial charge in [0, 0.05) is 28.7 Å². The number of nitriles is 1. The molecule has 0 atom stereocenters. The van der Waals surface area contributed by atoms with Crippen LogP contribution in [0.5, 0.6) is 0 Å². The Morgan fingerprint density at radius 3 is 2.41 bits per heavy atom. The first-order valence-electron chi connectivity index (χ1n) is 9.88. The number of rotatable bonds is 6. The molecule has 4 nitrogen and oxygen atoms in total. The van der Waals surface area contributed by atoms with E-state index < -0.39 is 5.97 Å². The van der Waals surface area contributed by atoms with Crippen molar-refractivity contribution in [3.8, 4) is 6.07 Å². The Morgan fingerprint density at radius 1 is 1.06 bits per heavy atom. The van der Waals surface area contributed by atoms with E-state index >= 15 is 0 Å². The zero-order valence-electron chi connectivity index (χ0n) is 16.9. The van der Waals surface area contributed by atoms with Gasteiger partial charge >= 0.3 is 5.97 Å². The summed E-state index contributed by atoms with van der Waals surface area (Å²) in [6.45, 7) is 0.525. The van der Waals surface area contributed by atoms with Gasteiger partial charge in [-0.3, -0.25) is 4.79 Å². The second kappa shape index (κ2) is 9.09. The summed E-state index contributed by atoms with van der Waals surface area (Å²) < 4.78 is 15.3. The van der Waals surface area contributed by atoms with Gasteiger partial charge in [-0.05, 0) is 47.0 Å². The second-order valence-electron chi connectivity index (χ2n) is 7.44. The maximum absolute atomic E-state index is 13.3. The molecule has 0 aliphatic carbocycles. The molecule has 1 heterocycles. The Balaban J connectivity index is 1.74. The predicted octanol–water partition coefficient (Wildman–Crippen LogP) is 6.17. The summed E-state index contributed by atoms with van der Waals surface area (Å²) in [5, 5.41) is 20.2. The third kappa shape index (κ3) is 4.72. The molecule has 32 heavy (non-hydrogen) atoms. The van der Waals surface area contributed by atoms with Crippen molar-refractivity contribution in [2.45, 2.75) is 13.0 Å². The number of benzene rings is 3. The molecule has 1 N–H and O–H groups in total. The lowest BCUT2D eigenvalue weighted by molar-refractivity contribution is -0.136. The lowest BCUT2D eigenvalue weighted by Gasteiger charge is -2.06. The van der Waals surface area contributed by atoms with Gasteiger partial charge in [0.05, 0.1) is 23.6 Å². The number of fused-ring (bicyclic) bond motifs is 1. The number of carboxylic acids is 1. The highest BCUT2D eigenvalue weighted by atomic mass is 35.5. The monoisotopic (exact) mass is 444 g/mol. The Labute approximate surface area is 189 Å². The molecule has 1 aromatic heterocycles. The van der Waals surface area contributed by atoms with Crippen molar-refractivity contribution >= 4 is 40.1 Å². The van der Waals surface area contributed by atoms with Gasteiger partial charge in [-0.15, -0.1) is 0 Å². The van der Waals surface area contributed by atoms with E-state index in [1.54, 1.807) is 42.5 Å². The second-order valence-corrected chi connectivity index (χ2v) is 7.87. The van der Waals surface area contributed by atoms with Crippen LogP contribution in [0.4, 0.5) is 4.39 Å². The van der Waals surface area contributed by atoms with E-state index in [2.05, 4.69) is 6.07 Å². The highest BCUT2D eigenvalue weighted by Crippen LogP contribution is 2.29. The minimum Gasteiger partial charge on any atom is -0.481 e. The molecule has 0 amide bonds. The minimum atomic E-state index is -0.901. The number of carboxylic acid groups (broad SMARTS) is 1. The maximum Gasteiger partial charge on any atom is 0.307 e. The maximum atomic E-state index is 13.3. The molecule has 4 rings (SSSR count). The summed E-state index contributed by atoms with van der Waals surface area (Å²) in [6, 6.07) is 21.1. The van der Waals surface area contributed by atoms with Gasteiger partial charge < -0.3 is 9.67 Å². The minimum absolute atomic E-state index is 0.0660. The molecule has 4 aromatic rings. The number of aliphatic carboxylic acids is 1. The first-order chi connectivity index (χ1) is 15.4. The molecule has 0 aliphatic heterocycles. The Bertz CT molecular complexity index is 1360. The highest BCUT2D eigenvalue weighted by molar-refractivity contribution is 6.31. The number of aromatic nitrogens is 1. The van der Waals surface area contributed by atoms with Crippen LogP contribution in [0.2, 0.25) is 5.02 Å². The number of nitrogens with zero attached hydrogens (tertiary/aromatic N) is 2. The molecule has 158 valence electrons. The molecule has 0 spiro atoms. The van der Waals surface area contributed by atoms with Crippen LogP contribution in [0.25, 0.3) is 22.6 Å². The third-order valence-electron chi connectivity index (χ3n) is 5.18. The van der Waals surface area contributed by atoms with E-state index in [1.165, 1.54) is 12.1 Å². The first kappa shape index (κ1) is 21.4. The molecule has 0 radical (unpaired) electrons. The molecular formula is C26H18ClFN2O2. The van der Waals surface area contributed by atoms with Crippen LogP contribution in [0.1, 0.15) is 22.3 Å². The zero-order chi connectivity index (χ0) is 22.7. The predicted molar refractivity (Wildman–Crippen MR) is 124 cm³/mol. The van der Waals surface area contributed by atoms with Gasteiger partial charge in [0.2, 0.25) is 0 Å². The van der Waals surface area contributed by atoms with Crippen LogP contribution in [-0.2, 0) is 17.8 Å². The topological polar surface area (TPSA) is 66.0 Å². The highest BCUT2D eigenvalue weighted by Gasteiger charge is 2.11. The third-order valence-corrected chi connectivity index (χ3v) is 5.42. The largest absolute Gasteiger partial charge is 0.481 e. The van der Waals surface area contributed by atoms with Crippen molar-refractivity contribution in [2.24, 2.45) is 0 Å². The van der Waals surface area contributed by atoms with E-state index in [9.17, 15) is 14.4 Å². The van der Waals surface area contributed by atoms with Crippen molar-refractivity contribution in [2.75, 3.05) is 0 Å². The quantitative estimate of drug-likeness (QED) is 0.361. The molecule has 0 aliphatic rings. The average molecular weight is 445 g/mol. The standard InChI is InChI=1S/C26H18ClFN2O2/c27-22-7-10-24-21(12-20(14-29)19-5-1-17(2-6-19)11-26(31)32)16-30(25(24)13-22)15-18-3-8-23(28)9-4-18/h1-10,12-13,16H,11,15H2,(H,31,32)/b20-12+. The van der Waals surface area contributed by atoms with Gasteiger partial charge in [-0.25, -0.2) is 4.39 Å². The summed E-state index contributed by atoms with van der Waals surface area (Å²) >= 11 is 6.23. The zero-order valence-corrected chi connectivity index (χ0v) is 17.7. The number of hydrogen-bond acceptors (Lipinski definition) is 2. The van der Waals surface area contributed by atoms with Crippen LogP contribution >= 0.6 is 11.6 Å². The van der Waals surface area contributed by atoms with Crippen molar-refractivity contribution < 1.29 is 14.3 Å². The summed E-state index contributed by atoms with van der Waals surface area (Å²) in [7, 11) is 0. The molecule has 6 heteroatoms. The van der Waals surface area contributed by atoms with Gasteiger partial charge in [0.15, 0.2) is 0 Å². The van der Waals surface area contributed by atoms with Crippen LogP contribution in [0.15, 0.2) is 72.9 Å². The van der Waals surface area contributed by atoms with Gasteiger partial charge in [-0.2, -0.15) is 5.26 Å². The normalized spacial score (nSPS) is 11.5. The molecule has 0 unspecified atom stereocenters. The number of hydrogen-bond donors (Lipinski definition) is 1. The Hall–Kier alpha value is -3.88. The van der Waals surface area contributed by atoms with Gasteiger partial charge in [-0.1, -0.05) is 54.1 Å². The summed E-state index contributed by atoms with van der Waals surface area (Å²) in [5.74, 6) is -1.19. The van der Waals surface area contributed by atoms with Crippen molar-refractivity contribution in [3.05, 3.63) is 106 Å². The van der Waals surface area contributed by atoms with E-state index in [1.807, 2.05) is 29.0 Å². The first-order valence-corrected chi connectivity index (χ1v) is 10.3. The van der Waals surface area contributed by atoms with Crippen molar-refractivity contribution in [1.29, 1.82) is 5.26 Å². The fourth-order valence-corrected chi connectivity index (χ4v) is 3.80. The lowest BCUT2D eigenvalue weighted by atomic mass is 10.0. The van der Waals surface area contributed by atoms with E-state index in [-0.39, 0.29) is 12.2 Å². The number of allylic oxidation sites excluding steroid dienone is 1. The van der Waals surface area contributed by atoms with Crippen molar-refractivity contribution in [1.82, 2.24) is 4.57 Å². The average Bonchev–Trinajstić information content (AvgIpc) is 3.10. The fraction of sp³-hybridized carbons (Fsp3) is 0.0769. The number of halogens is 2. The summed E-state index contributed by atoms with van der Waals surface area (Å²) in [5.41, 5.74) is 4.53. The van der Waals surface area contributed by atoms with E-state index in [0.717, 1.165) is 22.0 Å². The van der Waals surface area contributed by atoms with E-state index in [0.29, 0.717) is 28.3 Å². The van der Waals surface area contributed by atoms with Crippen LogP contribution in [-0.4, -0.2) is 15.6 Å². The van der Waals surface area contributed by atoms with Crippen molar-refractivity contribution in [3.63, 3.8) is 0 Å². The Morgan fingerprint density at radius 2 is 1.75 bits per heavy atom. The molecule has 0 saturated heterocycles. The molecule has 0 saturated carbocycles. The molecule has 3 aromatic carbocycles. The molecule has 0 fully saturated rings. The van der Waals surface area contributed by atoms with Gasteiger partial charge in [0.1, 0.15) is 5.82 Å². The van der Waals surface area contributed by atoms with Gasteiger partial charge in [0.25, 0.3) is 0 Å². The lowest BCUT2D eigenvalue weighted by Crippen LogP contribution is -1.99. The SMILES string of the molecule is N#C/C(=C\c1cn(Cc2ccc(F)cc2)c2cc(Cl)ccc12)c1ccc(CC(=O)O)cc1.